The minimum Gasteiger partial charge on any atom is -0.496 e. The number of rotatable bonds is 7. The van der Waals surface area contributed by atoms with E-state index in [1.54, 1.807) is 7.11 Å². The summed E-state index contributed by atoms with van der Waals surface area (Å²) in [7, 11) is 1.64. The first kappa shape index (κ1) is 16.7. The van der Waals surface area contributed by atoms with Crippen molar-refractivity contribution >= 4 is 11.7 Å². The zero-order valence-electron chi connectivity index (χ0n) is 13.5. The minimum absolute atomic E-state index is 0.257. The van der Waals surface area contributed by atoms with Gasteiger partial charge in [-0.15, -0.1) is 0 Å². The van der Waals surface area contributed by atoms with Gasteiger partial charge in [0.25, 0.3) is 0 Å². The SMILES string of the molecule is CCOc1ccccc1NC(=O)NCCc1ccccc1OC. The van der Waals surface area contributed by atoms with Crippen molar-refractivity contribution in [1.82, 2.24) is 5.32 Å². The molecule has 0 aliphatic rings. The van der Waals surface area contributed by atoms with Crippen molar-refractivity contribution in [2.75, 3.05) is 25.6 Å². The molecule has 122 valence electrons. The summed E-state index contributed by atoms with van der Waals surface area (Å²) in [5.41, 5.74) is 1.72. The molecule has 2 rings (SSSR count). The molecule has 2 amide bonds. The van der Waals surface area contributed by atoms with E-state index in [0.29, 0.717) is 31.0 Å². The van der Waals surface area contributed by atoms with Crippen LogP contribution in [-0.4, -0.2) is 26.3 Å². The molecule has 2 N–H and O–H groups in total. The zero-order chi connectivity index (χ0) is 16.5. The average molecular weight is 314 g/mol. The van der Waals surface area contributed by atoms with Crippen molar-refractivity contribution in [3.8, 4) is 11.5 Å². The molecule has 0 aliphatic heterocycles. The third-order valence-corrected chi connectivity index (χ3v) is 3.31. The molecule has 2 aromatic carbocycles. The summed E-state index contributed by atoms with van der Waals surface area (Å²) in [5.74, 6) is 1.49. The molecule has 0 radical (unpaired) electrons. The molecule has 2 aromatic rings. The second-order valence-corrected chi connectivity index (χ2v) is 4.87. The van der Waals surface area contributed by atoms with Gasteiger partial charge in [-0.05, 0) is 37.1 Å². The Labute approximate surface area is 136 Å². The Morgan fingerprint density at radius 1 is 1.04 bits per heavy atom. The maximum atomic E-state index is 12.0. The molecular formula is C18H22N2O3. The zero-order valence-corrected chi connectivity index (χ0v) is 13.5. The van der Waals surface area contributed by atoms with E-state index < -0.39 is 0 Å². The van der Waals surface area contributed by atoms with E-state index in [-0.39, 0.29) is 6.03 Å². The van der Waals surface area contributed by atoms with Gasteiger partial charge in [0, 0.05) is 6.54 Å². The van der Waals surface area contributed by atoms with Gasteiger partial charge in [-0.2, -0.15) is 0 Å². The molecule has 0 aliphatic carbocycles. The predicted octanol–water partition coefficient (Wildman–Crippen LogP) is 3.46. The summed E-state index contributed by atoms with van der Waals surface area (Å²) < 4.78 is 10.8. The van der Waals surface area contributed by atoms with Gasteiger partial charge in [0.15, 0.2) is 0 Å². The Hall–Kier alpha value is -2.69. The number of carbonyl (C=O) groups excluding carboxylic acids is 1. The highest BCUT2D eigenvalue weighted by molar-refractivity contribution is 5.90. The number of nitrogens with one attached hydrogen (secondary N) is 2. The number of ether oxygens (including phenoxy) is 2. The molecule has 0 unspecified atom stereocenters. The van der Waals surface area contributed by atoms with Gasteiger partial charge < -0.3 is 20.1 Å². The smallest absolute Gasteiger partial charge is 0.319 e. The molecule has 0 spiro atoms. The average Bonchev–Trinajstić information content (AvgIpc) is 2.57. The van der Waals surface area contributed by atoms with E-state index in [9.17, 15) is 4.79 Å². The number of amides is 2. The van der Waals surface area contributed by atoms with E-state index in [2.05, 4.69) is 10.6 Å². The van der Waals surface area contributed by atoms with Gasteiger partial charge in [0.1, 0.15) is 11.5 Å². The lowest BCUT2D eigenvalue weighted by molar-refractivity contribution is 0.252. The van der Waals surface area contributed by atoms with Crippen LogP contribution in [0.25, 0.3) is 0 Å². The Bertz CT molecular complexity index is 644. The monoisotopic (exact) mass is 314 g/mol. The Balaban J connectivity index is 1.86. The van der Waals surface area contributed by atoms with Crippen LogP contribution in [0.4, 0.5) is 10.5 Å². The third-order valence-electron chi connectivity index (χ3n) is 3.31. The van der Waals surface area contributed by atoms with Crippen molar-refractivity contribution in [3.63, 3.8) is 0 Å². The van der Waals surface area contributed by atoms with Gasteiger partial charge in [-0.3, -0.25) is 0 Å². The summed E-state index contributed by atoms with van der Waals surface area (Å²) in [6, 6.07) is 14.9. The second kappa shape index (κ2) is 8.68. The van der Waals surface area contributed by atoms with Gasteiger partial charge in [-0.1, -0.05) is 30.3 Å². The first-order valence-corrected chi connectivity index (χ1v) is 7.63. The summed E-state index contributed by atoms with van der Waals surface area (Å²) in [6.07, 6.45) is 0.699. The second-order valence-electron chi connectivity index (χ2n) is 4.87. The van der Waals surface area contributed by atoms with E-state index >= 15 is 0 Å². The summed E-state index contributed by atoms with van der Waals surface area (Å²) in [4.78, 5) is 12.0. The topological polar surface area (TPSA) is 59.6 Å². The maximum absolute atomic E-state index is 12.0. The highest BCUT2D eigenvalue weighted by atomic mass is 16.5. The van der Waals surface area contributed by atoms with Crippen LogP contribution in [0.15, 0.2) is 48.5 Å². The fourth-order valence-electron chi connectivity index (χ4n) is 2.24. The summed E-state index contributed by atoms with van der Waals surface area (Å²) >= 11 is 0. The van der Waals surface area contributed by atoms with Crippen LogP contribution in [0.2, 0.25) is 0 Å². The molecule has 0 saturated heterocycles. The number of benzene rings is 2. The van der Waals surface area contributed by atoms with E-state index in [1.807, 2.05) is 55.5 Å². The van der Waals surface area contributed by atoms with E-state index in [0.717, 1.165) is 11.3 Å². The van der Waals surface area contributed by atoms with Gasteiger partial charge in [-0.25, -0.2) is 4.79 Å². The molecular weight excluding hydrogens is 292 g/mol. The van der Waals surface area contributed by atoms with Crippen LogP contribution >= 0.6 is 0 Å². The lowest BCUT2D eigenvalue weighted by Gasteiger charge is -2.12. The number of para-hydroxylation sites is 3. The van der Waals surface area contributed by atoms with Gasteiger partial charge in [0.2, 0.25) is 0 Å². The number of methoxy groups -OCH3 is 1. The largest absolute Gasteiger partial charge is 0.496 e. The molecule has 23 heavy (non-hydrogen) atoms. The Kier molecular flexibility index (Phi) is 6.29. The van der Waals surface area contributed by atoms with Crippen LogP contribution in [0.3, 0.4) is 0 Å². The molecule has 5 nitrogen and oxygen atoms in total. The number of hydrogen-bond acceptors (Lipinski definition) is 3. The molecule has 0 saturated carbocycles. The normalized spacial score (nSPS) is 10.0. The van der Waals surface area contributed by atoms with E-state index in [4.69, 9.17) is 9.47 Å². The molecule has 0 heterocycles. The fourth-order valence-corrected chi connectivity index (χ4v) is 2.24. The third kappa shape index (κ3) is 4.92. The van der Waals surface area contributed by atoms with Crippen molar-refractivity contribution < 1.29 is 14.3 Å². The molecule has 5 heteroatoms. The molecule has 0 atom stereocenters. The maximum Gasteiger partial charge on any atom is 0.319 e. The van der Waals surface area contributed by atoms with Crippen LogP contribution < -0.4 is 20.1 Å². The Morgan fingerprint density at radius 2 is 1.74 bits per heavy atom. The van der Waals surface area contributed by atoms with Crippen molar-refractivity contribution in [2.45, 2.75) is 13.3 Å². The van der Waals surface area contributed by atoms with Gasteiger partial charge in [0.05, 0.1) is 19.4 Å². The summed E-state index contributed by atoms with van der Waals surface area (Å²) in [6.45, 7) is 2.97. The number of anilines is 1. The quantitative estimate of drug-likeness (QED) is 0.823. The lowest BCUT2D eigenvalue weighted by Crippen LogP contribution is -2.30. The number of hydrogen-bond donors (Lipinski definition) is 2. The van der Waals surface area contributed by atoms with Crippen molar-refractivity contribution in [2.24, 2.45) is 0 Å². The van der Waals surface area contributed by atoms with Crippen molar-refractivity contribution in [3.05, 3.63) is 54.1 Å². The number of urea groups is 1. The standard InChI is InChI=1S/C18H22N2O3/c1-3-23-17-11-7-5-9-15(17)20-18(21)19-13-12-14-8-4-6-10-16(14)22-2/h4-11H,3,12-13H2,1-2H3,(H2,19,20,21). The lowest BCUT2D eigenvalue weighted by atomic mass is 10.1. The van der Waals surface area contributed by atoms with Crippen LogP contribution in [0.5, 0.6) is 11.5 Å². The van der Waals surface area contributed by atoms with Crippen LogP contribution in [0, 0.1) is 0 Å². The predicted molar refractivity (Wildman–Crippen MR) is 91.3 cm³/mol. The van der Waals surface area contributed by atoms with Gasteiger partial charge >= 0.3 is 6.03 Å². The fraction of sp³-hybridized carbons (Fsp3) is 0.278. The molecule has 0 bridgehead atoms. The van der Waals surface area contributed by atoms with E-state index in [1.165, 1.54) is 0 Å². The van der Waals surface area contributed by atoms with Crippen LogP contribution in [0.1, 0.15) is 12.5 Å². The van der Waals surface area contributed by atoms with Crippen LogP contribution in [-0.2, 0) is 6.42 Å². The highest BCUT2D eigenvalue weighted by Crippen LogP contribution is 2.23. The molecule has 0 fully saturated rings. The first-order chi connectivity index (χ1) is 11.2. The Morgan fingerprint density at radius 3 is 2.48 bits per heavy atom. The van der Waals surface area contributed by atoms with Crippen molar-refractivity contribution in [1.29, 1.82) is 0 Å². The minimum atomic E-state index is -0.257. The highest BCUT2D eigenvalue weighted by Gasteiger charge is 2.07. The molecule has 0 aromatic heterocycles. The number of carbonyl (C=O) groups is 1. The summed E-state index contributed by atoms with van der Waals surface area (Å²) in [5, 5.41) is 5.64. The first-order valence-electron chi connectivity index (χ1n) is 7.63.